The predicted molar refractivity (Wildman–Crippen MR) is 122 cm³/mol. The third-order valence-corrected chi connectivity index (χ3v) is 5.74. The molecule has 1 amide bonds. The van der Waals surface area contributed by atoms with E-state index in [0.29, 0.717) is 11.4 Å². The molecule has 4 rings (SSSR count). The quantitative estimate of drug-likeness (QED) is 0.311. The number of hydrogen-bond acceptors (Lipinski definition) is 5. The maximum atomic E-state index is 13.2. The molecule has 1 aliphatic rings. The van der Waals surface area contributed by atoms with Crippen LogP contribution in [0.4, 0.5) is 24.5 Å². The molecule has 1 saturated carbocycles. The summed E-state index contributed by atoms with van der Waals surface area (Å²) in [7, 11) is 0. The Labute approximate surface area is 198 Å². The lowest BCUT2D eigenvalue weighted by Crippen LogP contribution is -2.26. The van der Waals surface area contributed by atoms with Gasteiger partial charge >= 0.3 is 6.18 Å². The summed E-state index contributed by atoms with van der Waals surface area (Å²) >= 11 is 0. The fraction of sp³-hybridized carbons (Fsp3) is 0.333. The monoisotopic (exact) mass is 488 g/mol. The number of aromatic nitrogens is 2. The lowest BCUT2D eigenvalue weighted by Gasteiger charge is -2.16. The van der Waals surface area contributed by atoms with Crippen molar-refractivity contribution < 1.29 is 27.6 Å². The van der Waals surface area contributed by atoms with Crippen LogP contribution >= 0.6 is 0 Å². The summed E-state index contributed by atoms with van der Waals surface area (Å²) in [5.41, 5.74) is 0.798. The van der Waals surface area contributed by atoms with Crippen LogP contribution in [-0.4, -0.2) is 20.6 Å². The Hall–Kier alpha value is -3.89. The van der Waals surface area contributed by atoms with Crippen molar-refractivity contribution in [3.63, 3.8) is 0 Å². The number of amides is 1. The number of nitro groups is 1. The molecule has 1 aliphatic carbocycles. The van der Waals surface area contributed by atoms with E-state index in [1.54, 1.807) is 6.07 Å². The number of alkyl halides is 3. The number of carbonyl (C=O) groups excluding carboxylic acids is 1. The number of anilines is 1. The first-order valence-electron chi connectivity index (χ1n) is 10.9. The van der Waals surface area contributed by atoms with Gasteiger partial charge in [-0.2, -0.15) is 18.3 Å². The fourth-order valence-electron chi connectivity index (χ4n) is 3.66. The van der Waals surface area contributed by atoms with Crippen LogP contribution in [0.3, 0.4) is 0 Å². The zero-order valence-electron chi connectivity index (χ0n) is 19.2. The first-order chi connectivity index (χ1) is 16.4. The topological polar surface area (TPSA) is 99.3 Å². The van der Waals surface area contributed by atoms with Crippen LogP contribution in [0.25, 0.3) is 0 Å². The Morgan fingerprint density at radius 1 is 1.20 bits per heavy atom. The van der Waals surface area contributed by atoms with Crippen LogP contribution in [0.5, 0.6) is 11.5 Å². The van der Waals surface area contributed by atoms with E-state index in [1.807, 2.05) is 26.0 Å². The van der Waals surface area contributed by atoms with Crippen molar-refractivity contribution in [3.8, 4) is 11.5 Å². The molecule has 0 bridgehead atoms. The maximum Gasteiger partial charge on any atom is 0.435 e. The molecule has 0 aliphatic heterocycles. The van der Waals surface area contributed by atoms with Gasteiger partial charge in [-0.15, -0.1) is 0 Å². The lowest BCUT2D eigenvalue weighted by molar-refractivity contribution is -0.384. The summed E-state index contributed by atoms with van der Waals surface area (Å²) in [6.07, 6.45) is -3.19. The number of rotatable bonds is 7. The summed E-state index contributed by atoms with van der Waals surface area (Å²) in [6.45, 7) is 5.13. The van der Waals surface area contributed by atoms with Crippen molar-refractivity contribution >= 4 is 17.3 Å². The maximum absolute atomic E-state index is 13.2. The van der Waals surface area contributed by atoms with Gasteiger partial charge in [0.05, 0.1) is 16.7 Å². The predicted octanol–water partition coefficient (Wildman–Crippen LogP) is 6.30. The van der Waals surface area contributed by atoms with E-state index in [1.165, 1.54) is 19.1 Å². The van der Waals surface area contributed by atoms with Crippen LogP contribution in [0, 0.1) is 24.0 Å². The van der Waals surface area contributed by atoms with Gasteiger partial charge in [-0.3, -0.25) is 19.6 Å². The fourth-order valence-corrected chi connectivity index (χ4v) is 3.66. The summed E-state index contributed by atoms with van der Waals surface area (Å²) in [5.74, 6) is -0.111. The highest BCUT2D eigenvalue weighted by molar-refractivity contribution is 5.94. The molecule has 2 aromatic carbocycles. The number of nitrogens with one attached hydrogen (secondary N) is 1. The lowest BCUT2D eigenvalue weighted by atomic mass is 10.1. The number of hydrogen-bond donors (Lipinski definition) is 1. The summed E-state index contributed by atoms with van der Waals surface area (Å²) in [5, 5.41) is 17.7. The third-order valence-electron chi connectivity index (χ3n) is 5.74. The second-order valence-electron chi connectivity index (χ2n) is 8.68. The van der Waals surface area contributed by atoms with Crippen molar-refractivity contribution in [1.82, 2.24) is 9.78 Å². The number of nitro benzene ring substituents is 1. The van der Waals surface area contributed by atoms with Crippen LogP contribution in [0.15, 0.2) is 42.5 Å². The minimum absolute atomic E-state index is 0.0764. The van der Waals surface area contributed by atoms with Crippen molar-refractivity contribution in [2.75, 3.05) is 5.32 Å². The molecule has 0 spiro atoms. The van der Waals surface area contributed by atoms with Gasteiger partial charge in [-0.1, -0.05) is 12.1 Å². The van der Waals surface area contributed by atoms with Gasteiger partial charge in [0.2, 0.25) is 5.91 Å². The van der Waals surface area contributed by atoms with Gasteiger partial charge in [0.25, 0.3) is 5.69 Å². The Kier molecular flexibility index (Phi) is 6.27. The van der Waals surface area contributed by atoms with Gasteiger partial charge in [0, 0.05) is 23.7 Å². The van der Waals surface area contributed by atoms with Gasteiger partial charge < -0.3 is 10.1 Å². The molecule has 0 radical (unpaired) electrons. The van der Waals surface area contributed by atoms with E-state index >= 15 is 0 Å². The molecule has 1 N–H and O–H groups in total. The number of non-ortho nitro benzene ring substituents is 1. The number of benzene rings is 2. The highest BCUT2D eigenvalue weighted by atomic mass is 19.4. The van der Waals surface area contributed by atoms with Gasteiger partial charge in [-0.25, -0.2) is 0 Å². The normalized spacial score (nSPS) is 14.5. The molecule has 184 valence electrons. The Morgan fingerprint density at radius 2 is 1.91 bits per heavy atom. The summed E-state index contributed by atoms with van der Waals surface area (Å²) in [4.78, 5) is 23.8. The summed E-state index contributed by atoms with van der Waals surface area (Å²) < 4.78 is 46.6. The third kappa shape index (κ3) is 5.44. The van der Waals surface area contributed by atoms with E-state index in [4.69, 9.17) is 4.74 Å². The molecule has 0 saturated heterocycles. The zero-order chi connectivity index (χ0) is 25.5. The molecule has 3 aromatic rings. The van der Waals surface area contributed by atoms with E-state index in [2.05, 4.69) is 10.4 Å². The SMILES string of the molecule is Cc1ccc(C)c(Oc2cc(NC(=O)C(C)n3nc(C(F)(F)F)cc3C3CC3)cc([N+](=O)[O-])c2)c1. The Balaban J connectivity index is 1.61. The standard InChI is InChI=1S/C24H23F3N4O4/c1-13-4-5-14(2)21(8-13)35-19-10-17(9-18(11-19)31(33)34)28-23(32)15(3)30-20(16-6-7-16)12-22(29-30)24(25,26)27/h4-5,8-12,15-16H,6-7H2,1-3H3,(H,28,32). The van der Waals surface area contributed by atoms with Gasteiger partial charge in [0.15, 0.2) is 5.69 Å². The van der Waals surface area contributed by atoms with E-state index in [0.717, 1.165) is 40.8 Å². The van der Waals surface area contributed by atoms with Crippen molar-refractivity contribution in [2.24, 2.45) is 0 Å². The second-order valence-corrected chi connectivity index (χ2v) is 8.68. The van der Waals surface area contributed by atoms with Crippen LogP contribution < -0.4 is 10.1 Å². The molecular formula is C24H23F3N4O4. The number of ether oxygens (including phenoxy) is 1. The van der Waals surface area contributed by atoms with E-state index in [9.17, 15) is 28.1 Å². The van der Waals surface area contributed by atoms with Crippen LogP contribution in [0.2, 0.25) is 0 Å². The minimum atomic E-state index is -4.63. The van der Waals surface area contributed by atoms with E-state index < -0.39 is 28.7 Å². The molecular weight excluding hydrogens is 465 g/mol. The molecule has 1 fully saturated rings. The second kappa shape index (κ2) is 9.05. The number of halogens is 3. The molecule has 11 heteroatoms. The van der Waals surface area contributed by atoms with Crippen LogP contribution in [-0.2, 0) is 11.0 Å². The summed E-state index contributed by atoms with van der Waals surface area (Å²) in [6, 6.07) is 9.24. The van der Waals surface area contributed by atoms with Gasteiger partial charge in [-0.05, 0) is 56.9 Å². The largest absolute Gasteiger partial charge is 0.457 e. The first-order valence-corrected chi connectivity index (χ1v) is 10.9. The molecule has 8 nitrogen and oxygen atoms in total. The molecule has 1 unspecified atom stereocenters. The number of carbonyl (C=O) groups is 1. The highest BCUT2D eigenvalue weighted by Gasteiger charge is 2.39. The molecule has 1 atom stereocenters. The highest BCUT2D eigenvalue weighted by Crippen LogP contribution is 2.43. The zero-order valence-corrected chi connectivity index (χ0v) is 19.2. The minimum Gasteiger partial charge on any atom is -0.457 e. The van der Waals surface area contributed by atoms with Crippen LogP contribution in [0.1, 0.15) is 54.2 Å². The molecule has 1 aromatic heterocycles. The average Bonchev–Trinajstić information content (AvgIpc) is 3.52. The van der Waals surface area contributed by atoms with Gasteiger partial charge in [0.1, 0.15) is 17.5 Å². The van der Waals surface area contributed by atoms with E-state index in [-0.39, 0.29) is 23.0 Å². The van der Waals surface area contributed by atoms with Crippen molar-refractivity contribution in [3.05, 3.63) is 75.1 Å². The Morgan fingerprint density at radius 3 is 2.54 bits per heavy atom. The smallest absolute Gasteiger partial charge is 0.435 e. The average molecular weight is 488 g/mol. The first kappa shape index (κ1) is 24.2. The number of nitrogens with zero attached hydrogens (tertiary/aromatic N) is 3. The molecule has 35 heavy (non-hydrogen) atoms. The Bertz CT molecular complexity index is 1300. The number of aryl methyl sites for hydroxylation is 2. The molecule has 1 heterocycles. The van der Waals surface area contributed by atoms with Crippen molar-refractivity contribution in [2.45, 2.75) is 51.7 Å². The van der Waals surface area contributed by atoms with Crippen molar-refractivity contribution in [1.29, 1.82) is 0 Å².